The third-order valence-corrected chi connectivity index (χ3v) is 7.38. The van der Waals surface area contributed by atoms with Crippen molar-refractivity contribution in [3.05, 3.63) is 120 Å². The molecule has 0 aliphatic carbocycles. The van der Waals surface area contributed by atoms with Crippen LogP contribution in [0.15, 0.2) is 82.4 Å². The molecule has 4 rings (SSSR count). The van der Waals surface area contributed by atoms with E-state index in [0.29, 0.717) is 23.2 Å². The van der Waals surface area contributed by atoms with Crippen LogP contribution < -0.4 is 15.9 Å². The molecule has 6 nitrogen and oxygen atoms in total. The highest BCUT2D eigenvalue weighted by Gasteiger charge is 2.15. The molecule has 1 aromatic heterocycles. The van der Waals surface area contributed by atoms with Crippen LogP contribution in [0, 0.1) is 5.92 Å². The van der Waals surface area contributed by atoms with E-state index in [-0.39, 0.29) is 28.9 Å². The lowest BCUT2D eigenvalue weighted by molar-refractivity contribution is -0.122. The molecule has 192 valence electrons. The monoisotopic (exact) mass is 535 g/mol. The summed E-state index contributed by atoms with van der Waals surface area (Å²) in [4.78, 5) is 37.7. The zero-order chi connectivity index (χ0) is 26.5. The lowest BCUT2D eigenvalue weighted by Gasteiger charge is -2.14. The molecule has 3 aromatic carbocycles. The second kappa shape index (κ2) is 11.8. The maximum absolute atomic E-state index is 12.8. The predicted molar refractivity (Wildman–Crippen MR) is 150 cm³/mol. The number of nitrogens with zero attached hydrogens (tertiary/aromatic N) is 2. The largest absolute Gasteiger partial charge is 0.352 e. The van der Waals surface area contributed by atoms with Gasteiger partial charge in [-0.2, -0.15) is 0 Å². The molecule has 0 saturated carbocycles. The van der Waals surface area contributed by atoms with Gasteiger partial charge in [-0.1, -0.05) is 74.0 Å². The minimum Gasteiger partial charge on any atom is -0.352 e. The van der Waals surface area contributed by atoms with Crippen molar-refractivity contribution in [2.45, 2.75) is 46.2 Å². The number of halogens is 1. The predicted octanol–water partition coefficient (Wildman–Crippen LogP) is 5.38. The van der Waals surface area contributed by atoms with Crippen LogP contribution in [-0.4, -0.2) is 14.4 Å². The molecule has 0 spiro atoms. The van der Waals surface area contributed by atoms with Gasteiger partial charge < -0.3 is 5.32 Å². The van der Waals surface area contributed by atoms with E-state index in [1.54, 1.807) is 24.3 Å². The Bertz CT molecular complexity index is 1470. The Morgan fingerprint density at radius 2 is 1.46 bits per heavy atom. The fourth-order valence-electron chi connectivity index (χ4n) is 4.08. The lowest BCUT2D eigenvalue weighted by Crippen LogP contribution is -2.29. The number of rotatable bonds is 9. The van der Waals surface area contributed by atoms with Gasteiger partial charge in [0.2, 0.25) is 5.91 Å². The van der Waals surface area contributed by atoms with Crippen LogP contribution in [0.2, 0.25) is 5.02 Å². The van der Waals surface area contributed by atoms with Gasteiger partial charge in [0.15, 0.2) is 0 Å². The summed E-state index contributed by atoms with van der Waals surface area (Å²) in [7, 11) is 0. The fourth-order valence-corrected chi connectivity index (χ4v) is 5.01. The number of carbonyl (C=O) groups excluding carboxylic acids is 1. The Balaban J connectivity index is 1.36. The molecule has 0 aliphatic heterocycles. The smallest absolute Gasteiger partial charge is 0.346 e. The minimum atomic E-state index is -0.389. The highest BCUT2D eigenvalue weighted by atomic mass is 35.5. The highest BCUT2D eigenvalue weighted by Crippen LogP contribution is 2.18. The molecule has 1 amide bonds. The van der Waals surface area contributed by atoms with E-state index in [4.69, 9.17) is 11.6 Å². The van der Waals surface area contributed by atoms with Gasteiger partial charge >= 0.3 is 10.6 Å². The second-order valence-corrected chi connectivity index (χ2v) is 10.9. The van der Waals surface area contributed by atoms with Gasteiger partial charge in [0.05, 0.1) is 18.2 Å². The fraction of sp³-hybridized carbons (Fsp3) is 0.276. The number of hydrogen-bond donors (Lipinski definition) is 1. The van der Waals surface area contributed by atoms with Gasteiger partial charge in [-0.15, -0.1) is 0 Å². The maximum atomic E-state index is 12.8. The molecule has 1 atom stereocenters. The van der Waals surface area contributed by atoms with Gasteiger partial charge in [-0.25, -0.2) is 13.3 Å². The third kappa shape index (κ3) is 6.67. The van der Waals surface area contributed by atoms with E-state index in [0.717, 1.165) is 34.6 Å². The zero-order valence-electron chi connectivity index (χ0n) is 21.1. The summed E-state index contributed by atoms with van der Waals surface area (Å²) in [5.74, 6) is 0.311. The number of benzene rings is 3. The molecule has 1 unspecified atom stereocenters. The molecule has 4 aromatic rings. The summed E-state index contributed by atoms with van der Waals surface area (Å²) in [5, 5.41) is 3.56. The van der Waals surface area contributed by atoms with E-state index >= 15 is 0 Å². The molecule has 0 aliphatic rings. The van der Waals surface area contributed by atoms with E-state index in [1.165, 1.54) is 14.1 Å². The van der Waals surface area contributed by atoms with Crippen LogP contribution >= 0.6 is 23.1 Å². The standard InChI is InChI=1S/C29H30ClN3O3S/c1-19(2)16-21-8-10-24(11-9-21)20(3)27(34)31-17-22-4-6-23(7-5-22)18-32-28(35)33(37-29(32)36)26-14-12-25(30)13-15-26/h4-15,19-20H,16-18H2,1-3H3,(H,31,34). The van der Waals surface area contributed by atoms with Crippen molar-refractivity contribution >= 4 is 29.0 Å². The van der Waals surface area contributed by atoms with Crippen LogP contribution in [0.3, 0.4) is 0 Å². The van der Waals surface area contributed by atoms with Crippen LogP contribution in [0.1, 0.15) is 48.9 Å². The van der Waals surface area contributed by atoms with E-state index < -0.39 is 0 Å². The van der Waals surface area contributed by atoms with Crippen molar-refractivity contribution in [2.75, 3.05) is 0 Å². The van der Waals surface area contributed by atoms with Crippen LogP contribution in [0.4, 0.5) is 0 Å². The molecular weight excluding hydrogens is 506 g/mol. The van der Waals surface area contributed by atoms with Crippen molar-refractivity contribution in [3.63, 3.8) is 0 Å². The van der Waals surface area contributed by atoms with Crippen molar-refractivity contribution in [2.24, 2.45) is 5.92 Å². The Labute approximate surface area is 225 Å². The summed E-state index contributed by atoms with van der Waals surface area (Å²) < 4.78 is 2.58. The summed E-state index contributed by atoms with van der Waals surface area (Å²) in [5.41, 5.74) is 4.24. The summed E-state index contributed by atoms with van der Waals surface area (Å²) in [6.07, 6.45) is 1.02. The maximum Gasteiger partial charge on any atom is 0.346 e. The van der Waals surface area contributed by atoms with Gasteiger partial charge in [0, 0.05) is 23.1 Å². The van der Waals surface area contributed by atoms with Gasteiger partial charge in [0.1, 0.15) is 0 Å². The molecule has 1 N–H and O–H groups in total. The average Bonchev–Trinajstić information content (AvgIpc) is 3.16. The van der Waals surface area contributed by atoms with Gasteiger partial charge in [-0.05, 0) is 65.8 Å². The Hall–Kier alpha value is -3.42. The molecule has 0 saturated heterocycles. The topological polar surface area (TPSA) is 73.1 Å². The third-order valence-electron chi connectivity index (χ3n) is 6.20. The van der Waals surface area contributed by atoms with E-state index in [9.17, 15) is 14.4 Å². The first-order chi connectivity index (χ1) is 17.7. The highest BCUT2D eigenvalue weighted by molar-refractivity contribution is 7.03. The minimum absolute atomic E-state index is 0.0340. The molecule has 8 heteroatoms. The van der Waals surface area contributed by atoms with E-state index in [2.05, 4.69) is 31.3 Å². The Morgan fingerprint density at radius 1 is 0.865 bits per heavy atom. The molecule has 1 heterocycles. The first kappa shape index (κ1) is 26.6. The Kier molecular flexibility index (Phi) is 8.46. The second-order valence-electron chi connectivity index (χ2n) is 9.59. The number of carbonyl (C=O) groups is 1. The van der Waals surface area contributed by atoms with Crippen molar-refractivity contribution in [3.8, 4) is 5.69 Å². The van der Waals surface area contributed by atoms with Crippen LogP contribution in [-0.2, 0) is 24.3 Å². The molecule has 0 fully saturated rings. The normalized spacial score (nSPS) is 12.0. The first-order valence-corrected chi connectivity index (χ1v) is 13.4. The quantitative estimate of drug-likeness (QED) is 0.313. The summed E-state index contributed by atoms with van der Waals surface area (Å²) in [6, 6.07) is 22.6. The molecule has 0 bridgehead atoms. The summed E-state index contributed by atoms with van der Waals surface area (Å²) >= 11 is 6.78. The molecule has 37 heavy (non-hydrogen) atoms. The summed E-state index contributed by atoms with van der Waals surface area (Å²) in [6.45, 7) is 6.86. The van der Waals surface area contributed by atoms with Gasteiger partial charge in [0.25, 0.3) is 0 Å². The van der Waals surface area contributed by atoms with E-state index in [1.807, 2.05) is 43.3 Å². The van der Waals surface area contributed by atoms with Crippen molar-refractivity contribution < 1.29 is 4.79 Å². The molecular formula is C29H30ClN3O3S. The zero-order valence-corrected chi connectivity index (χ0v) is 22.7. The van der Waals surface area contributed by atoms with Crippen LogP contribution in [0.5, 0.6) is 0 Å². The van der Waals surface area contributed by atoms with Crippen LogP contribution in [0.25, 0.3) is 5.69 Å². The van der Waals surface area contributed by atoms with Gasteiger partial charge in [-0.3, -0.25) is 9.59 Å². The molecule has 0 radical (unpaired) electrons. The lowest BCUT2D eigenvalue weighted by atomic mass is 9.96. The number of nitrogens with one attached hydrogen (secondary N) is 1. The van der Waals surface area contributed by atoms with Crippen molar-refractivity contribution in [1.82, 2.24) is 13.8 Å². The first-order valence-electron chi connectivity index (χ1n) is 12.2. The van der Waals surface area contributed by atoms with Crippen molar-refractivity contribution in [1.29, 1.82) is 0 Å². The Morgan fingerprint density at radius 3 is 2.08 bits per heavy atom. The SMILES string of the molecule is CC(C)Cc1ccc(C(C)C(=O)NCc2ccc(Cn3c(=O)sn(-c4ccc(Cl)cc4)c3=O)cc2)cc1. The number of amides is 1. The number of aromatic nitrogens is 2. The number of hydrogen-bond acceptors (Lipinski definition) is 4. The average molecular weight is 536 g/mol.